The van der Waals surface area contributed by atoms with E-state index in [9.17, 15) is 9.59 Å². The zero-order chi connectivity index (χ0) is 15.3. The van der Waals surface area contributed by atoms with Gasteiger partial charge in [0.15, 0.2) is 6.61 Å². The average Bonchev–Trinajstić information content (AvgIpc) is 2.96. The van der Waals surface area contributed by atoms with E-state index in [4.69, 9.17) is 10.5 Å². The molecule has 2 amide bonds. The predicted octanol–water partition coefficient (Wildman–Crippen LogP) is 1.44. The Balaban J connectivity index is 0.00000242. The molecule has 2 rings (SSSR count). The number of rotatable bonds is 6. The molecule has 0 aromatic heterocycles. The normalized spacial score (nSPS) is 20.0. The van der Waals surface area contributed by atoms with Gasteiger partial charge in [0.2, 0.25) is 5.91 Å². The number of anilines is 1. The highest BCUT2D eigenvalue weighted by atomic mass is 35.5. The minimum Gasteiger partial charge on any atom is -0.484 e. The Kier molecular flexibility index (Phi) is 6.64. The average molecular weight is 328 g/mol. The van der Waals surface area contributed by atoms with Crippen LogP contribution in [-0.4, -0.2) is 30.5 Å². The van der Waals surface area contributed by atoms with Gasteiger partial charge in [0.25, 0.3) is 5.91 Å². The van der Waals surface area contributed by atoms with Gasteiger partial charge in [0.05, 0.1) is 5.54 Å². The first kappa shape index (κ1) is 18.3. The molecule has 0 bridgehead atoms. The summed E-state index contributed by atoms with van der Waals surface area (Å²) < 4.78 is 5.23. The van der Waals surface area contributed by atoms with Crippen LogP contribution in [0, 0.1) is 0 Å². The molecule has 0 saturated carbocycles. The van der Waals surface area contributed by atoms with Crippen molar-refractivity contribution in [2.75, 3.05) is 18.5 Å². The smallest absolute Gasteiger partial charge is 0.255 e. The molecule has 4 N–H and O–H groups in total. The van der Waals surface area contributed by atoms with Gasteiger partial charge in [-0.3, -0.25) is 9.59 Å². The summed E-state index contributed by atoms with van der Waals surface area (Å²) in [6.45, 7) is 2.69. The van der Waals surface area contributed by atoms with Crippen LogP contribution in [0.15, 0.2) is 24.3 Å². The van der Waals surface area contributed by atoms with E-state index < -0.39 is 11.4 Å². The fraction of sp³-hybridized carbons (Fsp3) is 0.467. The van der Waals surface area contributed by atoms with E-state index in [2.05, 4.69) is 10.6 Å². The van der Waals surface area contributed by atoms with E-state index in [0.29, 0.717) is 11.4 Å². The summed E-state index contributed by atoms with van der Waals surface area (Å²) in [5.74, 6) is -0.0735. The summed E-state index contributed by atoms with van der Waals surface area (Å²) in [5, 5.41) is 6.20. The van der Waals surface area contributed by atoms with E-state index in [0.717, 1.165) is 25.8 Å². The largest absolute Gasteiger partial charge is 0.484 e. The van der Waals surface area contributed by atoms with E-state index in [1.807, 2.05) is 6.92 Å². The van der Waals surface area contributed by atoms with Crippen molar-refractivity contribution in [1.29, 1.82) is 0 Å². The van der Waals surface area contributed by atoms with Crippen molar-refractivity contribution in [1.82, 2.24) is 5.32 Å². The molecule has 1 unspecified atom stereocenters. The maximum absolute atomic E-state index is 12.5. The summed E-state index contributed by atoms with van der Waals surface area (Å²) in [6, 6.07) is 6.93. The third kappa shape index (κ3) is 4.35. The van der Waals surface area contributed by atoms with Crippen LogP contribution in [0.5, 0.6) is 5.75 Å². The molecule has 0 radical (unpaired) electrons. The van der Waals surface area contributed by atoms with Crippen LogP contribution < -0.4 is 21.1 Å². The van der Waals surface area contributed by atoms with Crippen molar-refractivity contribution in [3.63, 3.8) is 0 Å². The minimum atomic E-state index is -0.537. The second-order valence-electron chi connectivity index (χ2n) is 5.20. The summed E-state index contributed by atoms with van der Waals surface area (Å²) in [5.41, 5.74) is 5.20. The number of carbonyl (C=O) groups is 2. The summed E-state index contributed by atoms with van der Waals surface area (Å²) in [6.07, 6.45) is 2.59. The summed E-state index contributed by atoms with van der Waals surface area (Å²) in [4.78, 5) is 23.2. The molecule has 1 heterocycles. The maximum atomic E-state index is 12.5. The lowest BCUT2D eigenvalue weighted by molar-refractivity contribution is -0.122. The van der Waals surface area contributed by atoms with Gasteiger partial charge in [0, 0.05) is 11.8 Å². The van der Waals surface area contributed by atoms with Gasteiger partial charge in [0.1, 0.15) is 5.75 Å². The van der Waals surface area contributed by atoms with Crippen molar-refractivity contribution in [3.05, 3.63) is 24.3 Å². The molecule has 1 atom stereocenters. The van der Waals surface area contributed by atoms with Gasteiger partial charge in [-0.2, -0.15) is 0 Å². The number of amides is 2. The lowest BCUT2D eigenvalue weighted by Crippen LogP contribution is -2.50. The molecule has 22 heavy (non-hydrogen) atoms. The topological polar surface area (TPSA) is 93.4 Å². The standard InChI is InChI=1S/C15H21N3O3.ClH/c1-2-15(7-4-8-17-15)14(20)18-11-5-3-6-12(9-11)21-10-13(16)19;/h3,5-6,9,17H,2,4,7-8,10H2,1H3,(H2,16,19)(H,18,20);1H. The number of nitrogens with one attached hydrogen (secondary N) is 2. The molecule has 1 saturated heterocycles. The first-order valence-corrected chi connectivity index (χ1v) is 7.13. The Hall–Kier alpha value is -1.79. The maximum Gasteiger partial charge on any atom is 0.255 e. The molecule has 7 heteroatoms. The number of benzene rings is 1. The van der Waals surface area contributed by atoms with Crippen molar-refractivity contribution in [2.24, 2.45) is 5.73 Å². The fourth-order valence-electron chi connectivity index (χ4n) is 2.53. The summed E-state index contributed by atoms with van der Waals surface area (Å²) >= 11 is 0. The number of primary amides is 1. The number of carbonyl (C=O) groups excluding carboxylic acids is 2. The highest BCUT2D eigenvalue weighted by Gasteiger charge is 2.39. The van der Waals surface area contributed by atoms with Gasteiger partial charge in [-0.05, 0) is 37.9 Å². The second-order valence-corrected chi connectivity index (χ2v) is 5.20. The minimum absolute atomic E-state index is 0. The quantitative estimate of drug-likeness (QED) is 0.737. The molecule has 1 aromatic carbocycles. The van der Waals surface area contributed by atoms with E-state index in [1.54, 1.807) is 24.3 Å². The highest BCUT2D eigenvalue weighted by molar-refractivity contribution is 5.98. The highest BCUT2D eigenvalue weighted by Crippen LogP contribution is 2.25. The van der Waals surface area contributed by atoms with E-state index in [-0.39, 0.29) is 24.9 Å². The molecule has 1 aliphatic rings. The Labute approximate surface area is 136 Å². The third-order valence-electron chi connectivity index (χ3n) is 3.75. The van der Waals surface area contributed by atoms with Crippen molar-refractivity contribution < 1.29 is 14.3 Å². The predicted molar refractivity (Wildman–Crippen MR) is 87.3 cm³/mol. The number of hydrogen-bond acceptors (Lipinski definition) is 4. The van der Waals surface area contributed by atoms with E-state index >= 15 is 0 Å². The Bertz CT molecular complexity index is 531. The number of halogens is 1. The molecular formula is C15H22ClN3O3. The van der Waals surface area contributed by atoms with E-state index in [1.165, 1.54) is 0 Å². The fourth-order valence-corrected chi connectivity index (χ4v) is 2.53. The van der Waals surface area contributed by atoms with Crippen LogP contribution in [0.3, 0.4) is 0 Å². The van der Waals surface area contributed by atoms with Crippen molar-refractivity contribution >= 4 is 29.9 Å². The SMILES string of the molecule is CCC1(C(=O)Nc2cccc(OCC(N)=O)c2)CCCN1.Cl. The lowest BCUT2D eigenvalue weighted by atomic mass is 9.93. The van der Waals surface area contributed by atoms with Crippen molar-refractivity contribution in [2.45, 2.75) is 31.7 Å². The molecule has 1 aliphatic heterocycles. The first-order chi connectivity index (χ1) is 10.1. The van der Waals surface area contributed by atoms with Crippen LogP contribution >= 0.6 is 12.4 Å². The van der Waals surface area contributed by atoms with Gasteiger partial charge in [-0.15, -0.1) is 12.4 Å². The summed E-state index contributed by atoms with van der Waals surface area (Å²) in [7, 11) is 0. The van der Waals surface area contributed by atoms with Crippen LogP contribution in [0.25, 0.3) is 0 Å². The number of ether oxygens (including phenoxy) is 1. The van der Waals surface area contributed by atoms with Crippen LogP contribution in [0.4, 0.5) is 5.69 Å². The molecule has 1 aromatic rings. The Morgan fingerprint density at radius 1 is 1.45 bits per heavy atom. The molecule has 0 spiro atoms. The Morgan fingerprint density at radius 2 is 2.23 bits per heavy atom. The first-order valence-electron chi connectivity index (χ1n) is 7.13. The molecule has 0 aliphatic carbocycles. The number of nitrogens with two attached hydrogens (primary N) is 1. The molecule has 1 fully saturated rings. The Morgan fingerprint density at radius 3 is 2.82 bits per heavy atom. The van der Waals surface area contributed by atoms with Crippen LogP contribution in [0.2, 0.25) is 0 Å². The van der Waals surface area contributed by atoms with Gasteiger partial charge in [-0.25, -0.2) is 0 Å². The molecule has 122 valence electrons. The zero-order valence-corrected chi connectivity index (χ0v) is 13.4. The third-order valence-corrected chi connectivity index (χ3v) is 3.75. The van der Waals surface area contributed by atoms with Crippen molar-refractivity contribution in [3.8, 4) is 5.75 Å². The monoisotopic (exact) mass is 327 g/mol. The van der Waals surface area contributed by atoms with Gasteiger partial charge < -0.3 is 21.1 Å². The van der Waals surface area contributed by atoms with Gasteiger partial charge in [-0.1, -0.05) is 13.0 Å². The number of hydrogen-bond donors (Lipinski definition) is 3. The van der Waals surface area contributed by atoms with Crippen LogP contribution in [-0.2, 0) is 9.59 Å². The lowest BCUT2D eigenvalue weighted by Gasteiger charge is -2.26. The molecular weight excluding hydrogens is 306 g/mol. The van der Waals surface area contributed by atoms with Crippen LogP contribution in [0.1, 0.15) is 26.2 Å². The molecule has 6 nitrogen and oxygen atoms in total. The zero-order valence-electron chi connectivity index (χ0n) is 12.6. The second kappa shape index (κ2) is 8.00. The van der Waals surface area contributed by atoms with Gasteiger partial charge >= 0.3 is 0 Å².